The molecular formula is C12H22F3N3. The van der Waals surface area contributed by atoms with Gasteiger partial charge in [-0.25, -0.2) is 0 Å². The zero-order valence-corrected chi connectivity index (χ0v) is 10.6. The van der Waals surface area contributed by atoms with Gasteiger partial charge in [-0.3, -0.25) is 4.90 Å². The van der Waals surface area contributed by atoms with Crippen molar-refractivity contribution < 1.29 is 13.2 Å². The van der Waals surface area contributed by atoms with Crippen LogP contribution in [0.5, 0.6) is 0 Å². The van der Waals surface area contributed by atoms with Crippen molar-refractivity contribution in [3.8, 4) is 0 Å². The Bertz CT molecular complexity index is 262. The van der Waals surface area contributed by atoms with Gasteiger partial charge in [-0.2, -0.15) is 13.2 Å². The third-order valence-corrected chi connectivity index (χ3v) is 3.97. The van der Waals surface area contributed by atoms with Gasteiger partial charge in [0, 0.05) is 38.8 Å². The van der Waals surface area contributed by atoms with Crippen LogP contribution in [0.15, 0.2) is 0 Å². The van der Waals surface area contributed by atoms with Gasteiger partial charge >= 0.3 is 6.18 Å². The predicted molar refractivity (Wildman–Crippen MR) is 64.3 cm³/mol. The first kappa shape index (κ1) is 14.1. The van der Waals surface area contributed by atoms with E-state index in [1.54, 1.807) is 0 Å². The standard InChI is InChI=1S/C12H22F3N3/c13-12(14,15)9-18-5-3-17(4-6-18)8-10-1-2-11(16)7-10/h10-11H,1-9,16H2. The van der Waals surface area contributed by atoms with Gasteiger partial charge in [-0.15, -0.1) is 0 Å². The molecule has 2 atom stereocenters. The van der Waals surface area contributed by atoms with Crippen LogP contribution < -0.4 is 5.73 Å². The van der Waals surface area contributed by atoms with E-state index in [1.165, 1.54) is 11.3 Å². The lowest BCUT2D eigenvalue weighted by atomic mass is 10.1. The summed E-state index contributed by atoms with van der Waals surface area (Å²) in [6.45, 7) is 2.79. The third-order valence-electron chi connectivity index (χ3n) is 3.97. The number of piperazine rings is 1. The van der Waals surface area contributed by atoms with Crippen molar-refractivity contribution in [2.24, 2.45) is 11.7 Å². The molecule has 0 aromatic carbocycles. The van der Waals surface area contributed by atoms with E-state index in [1.807, 2.05) is 0 Å². The lowest BCUT2D eigenvalue weighted by molar-refractivity contribution is -0.149. The fourth-order valence-electron chi connectivity index (χ4n) is 3.03. The van der Waals surface area contributed by atoms with E-state index in [9.17, 15) is 13.2 Å². The van der Waals surface area contributed by atoms with Crippen LogP contribution in [0.2, 0.25) is 0 Å². The fraction of sp³-hybridized carbons (Fsp3) is 1.00. The van der Waals surface area contributed by atoms with Crippen LogP contribution in [0.3, 0.4) is 0 Å². The Morgan fingerprint density at radius 2 is 1.61 bits per heavy atom. The molecule has 2 unspecified atom stereocenters. The molecule has 2 rings (SSSR count). The van der Waals surface area contributed by atoms with Crippen LogP contribution in [0, 0.1) is 5.92 Å². The Kier molecular flexibility index (Phi) is 4.50. The summed E-state index contributed by atoms with van der Waals surface area (Å²) in [5.41, 5.74) is 5.87. The largest absolute Gasteiger partial charge is 0.401 e. The molecule has 18 heavy (non-hydrogen) atoms. The molecule has 1 saturated carbocycles. The van der Waals surface area contributed by atoms with E-state index in [0.717, 1.165) is 32.5 Å². The highest BCUT2D eigenvalue weighted by molar-refractivity contribution is 4.82. The SMILES string of the molecule is NC1CCC(CN2CCN(CC(F)(F)F)CC2)C1. The molecule has 1 saturated heterocycles. The monoisotopic (exact) mass is 265 g/mol. The Balaban J connectivity index is 1.67. The van der Waals surface area contributed by atoms with Gasteiger partial charge in [0.2, 0.25) is 0 Å². The summed E-state index contributed by atoms with van der Waals surface area (Å²) < 4.78 is 36.7. The molecule has 0 radical (unpaired) electrons. The number of rotatable bonds is 3. The molecule has 1 aliphatic heterocycles. The highest BCUT2D eigenvalue weighted by atomic mass is 19.4. The average molecular weight is 265 g/mol. The number of nitrogens with two attached hydrogens (primary N) is 1. The number of hydrogen-bond acceptors (Lipinski definition) is 3. The number of hydrogen-bond donors (Lipinski definition) is 1. The average Bonchev–Trinajstić information content (AvgIpc) is 2.65. The second-order valence-electron chi connectivity index (χ2n) is 5.63. The van der Waals surface area contributed by atoms with Gasteiger partial charge in [0.1, 0.15) is 0 Å². The normalized spacial score (nSPS) is 32.0. The Morgan fingerprint density at radius 3 is 2.11 bits per heavy atom. The molecule has 0 amide bonds. The minimum atomic E-state index is -4.07. The summed E-state index contributed by atoms with van der Waals surface area (Å²) in [5, 5.41) is 0. The molecular weight excluding hydrogens is 243 g/mol. The van der Waals surface area contributed by atoms with Crippen molar-refractivity contribution in [1.29, 1.82) is 0 Å². The Morgan fingerprint density at radius 1 is 1.00 bits per heavy atom. The first-order chi connectivity index (χ1) is 8.42. The van der Waals surface area contributed by atoms with Crippen molar-refractivity contribution in [2.75, 3.05) is 39.3 Å². The van der Waals surface area contributed by atoms with Crippen LogP contribution in [0.1, 0.15) is 19.3 Å². The molecule has 0 aromatic heterocycles. The zero-order chi connectivity index (χ0) is 13.2. The minimum absolute atomic E-state index is 0.335. The van der Waals surface area contributed by atoms with Crippen molar-refractivity contribution in [1.82, 2.24) is 9.80 Å². The first-order valence-electron chi connectivity index (χ1n) is 6.69. The molecule has 2 fully saturated rings. The lowest BCUT2D eigenvalue weighted by Crippen LogP contribution is -2.50. The highest BCUT2D eigenvalue weighted by Gasteiger charge is 2.32. The third kappa shape index (κ3) is 4.40. The summed E-state index contributed by atoms with van der Waals surface area (Å²) in [7, 11) is 0. The van der Waals surface area contributed by atoms with Crippen LogP contribution in [0.25, 0.3) is 0 Å². The second-order valence-corrected chi connectivity index (χ2v) is 5.63. The highest BCUT2D eigenvalue weighted by Crippen LogP contribution is 2.25. The molecule has 106 valence electrons. The van der Waals surface area contributed by atoms with Crippen LogP contribution in [-0.2, 0) is 0 Å². The molecule has 2 N–H and O–H groups in total. The fourth-order valence-corrected chi connectivity index (χ4v) is 3.03. The number of alkyl halides is 3. The van der Waals surface area contributed by atoms with Crippen molar-refractivity contribution in [2.45, 2.75) is 31.5 Å². The maximum absolute atomic E-state index is 12.2. The quantitative estimate of drug-likeness (QED) is 0.834. The Hall–Kier alpha value is -0.330. The number of halogens is 3. The predicted octanol–water partition coefficient (Wildman–Crippen LogP) is 1.29. The van der Waals surface area contributed by atoms with Gasteiger partial charge in [-0.05, 0) is 25.2 Å². The molecule has 0 bridgehead atoms. The van der Waals surface area contributed by atoms with Crippen molar-refractivity contribution >= 4 is 0 Å². The molecule has 0 spiro atoms. The summed E-state index contributed by atoms with van der Waals surface area (Å²) >= 11 is 0. The zero-order valence-electron chi connectivity index (χ0n) is 10.6. The minimum Gasteiger partial charge on any atom is -0.328 e. The maximum Gasteiger partial charge on any atom is 0.401 e. The van der Waals surface area contributed by atoms with E-state index in [4.69, 9.17) is 5.73 Å². The van der Waals surface area contributed by atoms with E-state index in [2.05, 4.69) is 4.90 Å². The van der Waals surface area contributed by atoms with E-state index in [-0.39, 0.29) is 0 Å². The molecule has 2 aliphatic rings. The van der Waals surface area contributed by atoms with Gasteiger partial charge in [-0.1, -0.05) is 0 Å². The van der Waals surface area contributed by atoms with E-state index in [0.29, 0.717) is 25.0 Å². The molecule has 1 heterocycles. The van der Waals surface area contributed by atoms with Crippen LogP contribution >= 0.6 is 0 Å². The van der Waals surface area contributed by atoms with Gasteiger partial charge < -0.3 is 10.6 Å². The second kappa shape index (κ2) is 5.75. The Labute approximate surface area is 106 Å². The number of nitrogens with zero attached hydrogens (tertiary/aromatic N) is 2. The molecule has 6 heteroatoms. The summed E-state index contributed by atoms with van der Waals surface area (Å²) in [6, 6.07) is 0.335. The van der Waals surface area contributed by atoms with Crippen molar-refractivity contribution in [3.63, 3.8) is 0 Å². The molecule has 0 aromatic rings. The van der Waals surface area contributed by atoms with Crippen LogP contribution in [0.4, 0.5) is 13.2 Å². The summed E-state index contributed by atoms with van der Waals surface area (Å²) in [5.74, 6) is 0.647. The van der Waals surface area contributed by atoms with Gasteiger partial charge in [0.05, 0.1) is 6.54 Å². The molecule has 1 aliphatic carbocycles. The van der Waals surface area contributed by atoms with E-state index < -0.39 is 12.7 Å². The van der Waals surface area contributed by atoms with Gasteiger partial charge in [0.15, 0.2) is 0 Å². The maximum atomic E-state index is 12.2. The van der Waals surface area contributed by atoms with Crippen molar-refractivity contribution in [3.05, 3.63) is 0 Å². The topological polar surface area (TPSA) is 32.5 Å². The van der Waals surface area contributed by atoms with Crippen LogP contribution in [-0.4, -0.2) is 61.3 Å². The lowest BCUT2D eigenvalue weighted by Gasteiger charge is -2.36. The van der Waals surface area contributed by atoms with E-state index >= 15 is 0 Å². The first-order valence-corrected chi connectivity index (χ1v) is 6.69. The summed E-state index contributed by atoms with van der Waals surface area (Å²) in [4.78, 5) is 3.78. The summed E-state index contributed by atoms with van der Waals surface area (Å²) in [6.07, 6.45) is -0.730. The smallest absolute Gasteiger partial charge is 0.328 e. The van der Waals surface area contributed by atoms with Gasteiger partial charge in [0.25, 0.3) is 0 Å². The molecule has 3 nitrogen and oxygen atoms in total.